The molecule has 0 aliphatic heterocycles. The molecule has 1 saturated carbocycles. The SMILES string of the molecule is CN(CC1CC(O)C1)C(=O)C=Cc1cccnc1. The molecule has 0 unspecified atom stereocenters. The van der Waals surface area contributed by atoms with E-state index in [0.717, 1.165) is 18.4 Å². The zero-order valence-corrected chi connectivity index (χ0v) is 10.5. The standard InChI is InChI=1S/C14H18N2O2/c1-16(10-12-7-13(17)8-12)14(18)5-4-11-3-2-6-15-9-11/h2-6,9,12-13,17H,7-8,10H2,1H3. The quantitative estimate of drug-likeness (QED) is 0.815. The number of aromatic nitrogens is 1. The van der Waals surface area contributed by atoms with E-state index in [1.807, 2.05) is 12.1 Å². The Morgan fingerprint density at radius 1 is 1.61 bits per heavy atom. The predicted octanol–water partition coefficient (Wildman–Crippen LogP) is 1.32. The molecule has 1 fully saturated rings. The van der Waals surface area contributed by atoms with Gasteiger partial charge in [-0.05, 0) is 36.5 Å². The number of amides is 1. The minimum absolute atomic E-state index is 0.0137. The summed E-state index contributed by atoms with van der Waals surface area (Å²) in [6.07, 6.45) is 8.20. The number of pyridine rings is 1. The largest absolute Gasteiger partial charge is 0.393 e. The Balaban J connectivity index is 1.82. The van der Waals surface area contributed by atoms with Crippen LogP contribution in [0.15, 0.2) is 30.6 Å². The minimum Gasteiger partial charge on any atom is -0.393 e. The monoisotopic (exact) mass is 246 g/mol. The molecule has 4 heteroatoms. The van der Waals surface area contributed by atoms with Gasteiger partial charge in [-0.2, -0.15) is 0 Å². The molecule has 1 heterocycles. The van der Waals surface area contributed by atoms with Gasteiger partial charge in [0, 0.05) is 32.1 Å². The third kappa shape index (κ3) is 3.40. The lowest BCUT2D eigenvalue weighted by Crippen LogP contribution is -2.38. The molecule has 1 aromatic heterocycles. The Kier molecular flexibility index (Phi) is 4.10. The van der Waals surface area contributed by atoms with Gasteiger partial charge in [-0.15, -0.1) is 0 Å². The summed E-state index contributed by atoms with van der Waals surface area (Å²) in [5.74, 6) is 0.431. The Labute approximate surface area is 107 Å². The van der Waals surface area contributed by atoms with Crippen LogP contribution in [0.25, 0.3) is 6.08 Å². The van der Waals surface area contributed by atoms with Crippen LogP contribution >= 0.6 is 0 Å². The van der Waals surface area contributed by atoms with E-state index in [1.54, 1.807) is 36.5 Å². The van der Waals surface area contributed by atoms with E-state index in [0.29, 0.717) is 12.5 Å². The van der Waals surface area contributed by atoms with Crippen LogP contribution in [0, 0.1) is 5.92 Å². The Morgan fingerprint density at radius 2 is 2.39 bits per heavy atom. The van der Waals surface area contributed by atoms with Gasteiger partial charge < -0.3 is 10.0 Å². The van der Waals surface area contributed by atoms with Gasteiger partial charge in [0.15, 0.2) is 0 Å². The summed E-state index contributed by atoms with van der Waals surface area (Å²) in [4.78, 5) is 17.5. The maximum atomic E-state index is 11.8. The first-order valence-electron chi connectivity index (χ1n) is 6.16. The van der Waals surface area contributed by atoms with Crippen molar-refractivity contribution in [1.29, 1.82) is 0 Å². The van der Waals surface area contributed by atoms with E-state index >= 15 is 0 Å². The zero-order valence-electron chi connectivity index (χ0n) is 10.5. The lowest BCUT2D eigenvalue weighted by Gasteiger charge is -2.34. The molecule has 2 rings (SSSR count). The van der Waals surface area contributed by atoms with Crippen LogP contribution in [0.1, 0.15) is 18.4 Å². The molecule has 4 nitrogen and oxygen atoms in total. The highest BCUT2D eigenvalue weighted by Crippen LogP contribution is 2.27. The molecular weight excluding hydrogens is 228 g/mol. The molecule has 1 amide bonds. The second-order valence-corrected chi connectivity index (χ2v) is 4.83. The topological polar surface area (TPSA) is 53.4 Å². The summed E-state index contributed by atoms with van der Waals surface area (Å²) in [6.45, 7) is 0.716. The number of hydrogen-bond donors (Lipinski definition) is 1. The van der Waals surface area contributed by atoms with Gasteiger partial charge >= 0.3 is 0 Å². The van der Waals surface area contributed by atoms with Crippen LogP contribution in [0.5, 0.6) is 0 Å². The first-order chi connectivity index (χ1) is 8.65. The maximum Gasteiger partial charge on any atom is 0.246 e. The second kappa shape index (κ2) is 5.78. The van der Waals surface area contributed by atoms with Crippen molar-refractivity contribution in [3.63, 3.8) is 0 Å². The van der Waals surface area contributed by atoms with Gasteiger partial charge in [0.25, 0.3) is 0 Å². The number of carbonyl (C=O) groups excluding carboxylic acids is 1. The van der Waals surface area contributed by atoms with Crippen molar-refractivity contribution in [3.05, 3.63) is 36.2 Å². The molecule has 0 spiro atoms. The van der Waals surface area contributed by atoms with Gasteiger partial charge in [0.2, 0.25) is 5.91 Å². The van der Waals surface area contributed by atoms with Crippen molar-refractivity contribution in [1.82, 2.24) is 9.88 Å². The summed E-state index contributed by atoms with van der Waals surface area (Å²) in [7, 11) is 1.79. The molecule has 96 valence electrons. The van der Waals surface area contributed by atoms with Crippen LogP contribution in [0.3, 0.4) is 0 Å². The molecule has 1 aromatic rings. The molecule has 0 saturated heterocycles. The van der Waals surface area contributed by atoms with Crippen molar-refractivity contribution < 1.29 is 9.90 Å². The number of aliphatic hydroxyl groups excluding tert-OH is 1. The lowest BCUT2D eigenvalue weighted by atomic mass is 9.82. The predicted molar refractivity (Wildman–Crippen MR) is 69.6 cm³/mol. The maximum absolute atomic E-state index is 11.8. The fraction of sp³-hybridized carbons (Fsp3) is 0.429. The van der Waals surface area contributed by atoms with E-state index in [2.05, 4.69) is 4.98 Å². The van der Waals surface area contributed by atoms with Crippen LogP contribution in [0.2, 0.25) is 0 Å². The Hall–Kier alpha value is -1.68. The average molecular weight is 246 g/mol. The van der Waals surface area contributed by atoms with E-state index in [4.69, 9.17) is 0 Å². The third-order valence-electron chi connectivity index (χ3n) is 3.22. The highest BCUT2D eigenvalue weighted by molar-refractivity contribution is 5.91. The van der Waals surface area contributed by atoms with Crippen LogP contribution in [-0.2, 0) is 4.79 Å². The van der Waals surface area contributed by atoms with Crippen molar-refractivity contribution >= 4 is 12.0 Å². The van der Waals surface area contributed by atoms with E-state index in [-0.39, 0.29) is 12.0 Å². The summed E-state index contributed by atoms with van der Waals surface area (Å²) < 4.78 is 0. The molecular formula is C14H18N2O2. The molecule has 18 heavy (non-hydrogen) atoms. The fourth-order valence-electron chi connectivity index (χ4n) is 2.10. The number of nitrogens with zero attached hydrogens (tertiary/aromatic N) is 2. The Bertz CT molecular complexity index is 425. The van der Waals surface area contributed by atoms with E-state index in [1.165, 1.54) is 0 Å². The first kappa shape index (κ1) is 12.8. The van der Waals surface area contributed by atoms with Crippen molar-refractivity contribution in [2.45, 2.75) is 18.9 Å². The summed E-state index contributed by atoms with van der Waals surface area (Å²) in [5, 5.41) is 9.20. The molecule has 0 bridgehead atoms. The lowest BCUT2D eigenvalue weighted by molar-refractivity contribution is -0.126. The minimum atomic E-state index is -0.163. The number of hydrogen-bond acceptors (Lipinski definition) is 3. The van der Waals surface area contributed by atoms with Gasteiger partial charge in [-0.1, -0.05) is 6.07 Å². The zero-order chi connectivity index (χ0) is 13.0. The summed E-state index contributed by atoms with van der Waals surface area (Å²) in [6, 6.07) is 3.74. The molecule has 1 N–H and O–H groups in total. The van der Waals surface area contributed by atoms with Gasteiger partial charge in [0.1, 0.15) is 0 Å². The number of aliphatic hydroxyl groups is 1. The van der Waals surface area contributed by atoms with Crippen LogP contribution < -0.4 is 0 Å². The average Bonchev–Trinajstić information content (AvgIpc) is 2.35. The molecule has 1 aliphatic rings. The molecule has 0 aromatic carbocycles. The number of likely N-dealkylation sites (N-methyl/N-ethyl adjacent to an activating group) is 1. The highest BCUT2D eigenvalue weighted by atomic mass is 16.3. The summed E-state index contributed by atoms with van der Waals surface area (Å²) >= 11 is 0. The van der Waals surface area contributed by atoms with Crippen LogP contribution in [0.4, 0.5) is 0 Å². The highest BCUT2D eigenvalue weighted by Gasteiger charge is 2.28. The van der Waals surface area contributed by atoms with Crippen molar-refractivity contribution in [2.75, 3.05) is 13.6 Å². The summed E-state index contributed by atoms with van der Waals surface area (Å²) in [5.41, 5.74) is 0.915. The van der Waals surface area contributed by atoms with Gasteiger partial charge in [0.05, 0.1) is 6.10 Å². The molecule has 0 atom stereocenters. The third-order valence-corrected chi connectivity index (χ3v) is 3.22. The molecule has 1 aliphatic carbocycles. The van der Waals surface area contributed by atoms with E-state index in [9.17, 15) is 9.90 Å². The fourth-order valence-corrected chi connectivity index (χ4v) is 2.10. The smallest absolute Gasteiger partial charge is 0.246 e. The van der Waals surface area contributed by atoms with Crippen molar-refractivity contribution in [2.24, 2.45) is 5.92 Å². The Morgan fingerprint density at radius 3 is 3.00 bits per heavy atom. The van der Waals surface area contributed by atoms with E-state index < -0.39 is 0 Å². The van der Waals surface area contributed by atoms with Gasteiger partial charge in [-0.25, -0.2) is 0 Å². The van der Waals surface area contributed by atoms with Crippen LogP contribution in [-0.4, -0.2) is 40.6 Å². The normalized spacial score (nSPS) is 22.8. The first-order valence-corrected chi connectivity index (χ1v) is 6.16. The number of carbonyl (C=O) groups is 1. The number of rotatable bonds is 4. The van der Waals surface area contributed by atoms with Gasteiger partial charge in [-0.3, -0.25) is 9.78 Å². The second-order valence-electron chi connectivity index (χ2n) is 4.83. The van der Waals surface area contributed by atoms with Crippen molar-refractivity contribution in [3.8, 4) is 0 Å². The molecule has 0 radical (unpaired) electrons.